The van der Waals surface area contributed by atoms with E-state index in [0.717, 1.165) is 5.69 Å². The van der Waals surface area contributed by atoms with Gasteiger partial charge in [-0.1, -0.05) is 40.5 Å². The third kappa shape index (κ3) is 4.10. The topological polar surface area (TPSA) is 55.1 Å². The molecule has 3 aromatic rings. The number of benzene rings is 2. The first-order valence-electron chi connectivity index (χ1n) is 7.50. The van der Waals surface area contributed by atoms with Gasteiger partial charge in [0.1, 0.15) is 0 Å². The summed E-state index contributed by atoms with van der Waals surface area (Å²) in [7, 11) is 0. The summed E-state index contributed by atoms with van der Waals surface area (Å²) in [6.07, 6.45) is 1.58. The number of hydrogen-bond donors (Lipinski definition) is 1. The van der Waals surface area contributed by atoms with E-state index in [1.807, 2.05) is 12.1 Å². The smallest absolute Gasteiger partial charge is 0.199 e. The molecule has 25 heavy (non-hydrogen) atoms. The number of aryl methyl sites for hydroxylation is 1. The van der Waals surface area contributed by atoms with E-state index in [2.05, 4.69) is 10.5 Å². The van der Waals surface area contributed by atoms with Gasteiger partial charge in [-0.05, 0) is 43.3 Å². The lowest BCUT2D eigenvalue weighted by Gasteiger charge is -2.07. The third-order valence-electron chi connectivity index (χ3n) is 3.48. The Kier molecular flexibility index (Phi) is 5.22. The molecule has 0 unspecified atom stereocenters. The van der Waals surface area contributed by atoms with Crippen LogP contribution in [0, 0.1) is 6.92 Å². The standard InChI is InChI=1S/C19H14Cl2N2O2/c1-12-10-18(25-23-12)16(11-22-14-8-6-13(20)7-9-14)19(24)15-4-2-3-5-17(15)21/h2-11,22H,1H3/b16-11+. The van der Waals surface area contributed by atoms with Gasteiger partial charge >= 0.3 is 0 Å². The van der Waals surface area contributed by atoms with Crippen LogP contribution in [0.1, 0.15) is 21.8 Å². The number of allylic oxidation sites excluding steroid dienone is 1. The second-order valence-electron chi connectivity index (χ2n) is 5.35. The first-order valence-corrected chi connectivity index (χ1v) is 8.25. The molecule has 0 radical (unpaired) electrons. The number of ketones is 1. The number of nitrogens with one attached hydrogen (secondary N) is 1. The predicted octanol–water partition coefficient (Wildman–Crippen LogP) is 5.63. The van der Waals surface area contributed by atoms with Gasteiger partial charge in [0, 0.05) is 28.5 Å². The SMILES string of the molecule is Cc1cc(/C(=C\Nc2ccc(Cl)cc2)C(=O)c2ccccc2Cl)on1. The maximum Gasteiger partial charge on any atom is 0.199 e. The molecule has 1 N–H and O–H groups in total. The number of carbonyl (C=O) groups is 1. The molecule has 1 aromatic heterocycles. The highest BCUT2D eigenvalue weighted by atomic mass is 35.5. The molecular weight excluding hydrogens is 359 g/mol. The van der Waals surface area contributed by atoms with Crippen LogP contribution in [0.3, 0.4) is 0 Å². The largest absolute Gasteiger partial charge is 0.361 e. The van der Waals surface area contributed by atoms with Crippen LogP contribution in [0.25, 0.3) is 5.57 Å². The summed E-state index contributed by atoms with van der Waals surface area (Å²) in [6.45, 7) is 1.79. The third-order valence-corrected chi connectivity index (χ3v) is 4.07. The van der Waals surface area contributed by atoms with E-state index >= 15 is 0 Å². The molecule has 0 aliphatic heterocycles. The Morgan fingerprint density at radius 3 is 2.48 bits per heavy atom. The van der Waals surface area contributed by atoms with Gasteiger partial charge in [0.25, 0.3) is 0 Å². The molecular formula is C19H14Cl2N2O2. The average Bonchev–Trinajstić information content (AvgIpc) is 3.03. The Hall–Kier alpha value is -2.56. The van der Waals surface area contributed by atoms with E-state index in [9.17, 15) is 4.79 Å². The molecule has 0 aliphatic carbocycles. The summed E-state index contributed by atoms with van der Waals surface area (Å²) in [5, 5.41) is 7.94. The summed E-state index contributed by atoms with van der Waals surface area (Å²) in [4.78, 5) is 12.9. The first-order chi connectivity index (χ1) is 12.0. The van der Waals surface area contributed by atoms with Gasteiger partial charge < -0.3 is 9.84 Å². The number of rotatable bonds is 5. The molecule has 0 atom stereocenters. The second-order valence-corrected chi connectivity index (χ2v) is 6.19. The summed E-state index contributed by atoms with van der Waals surface area (Å²) in [5.41, 5.74) is 2.18. The van der Waals surface area contributed by atoms with Crippen LogP contribution in [0.15, 0.2) is 65.3 Å². The minimum atomic E-state index is -0.261. The number of halogens is 2. The van der Waals surface area contributed by atoms with E-state index in [1.165, 1.54) is 0 Å². The van der Waals surface area contributed by atoms with Crippen molar-refractivity contribution in [3.8, 4) is 0 Å². The zero-order valence-electron chi connectivity index (χ0n) is 13.3. The van der Waals surface area contributed by atoms with Gasteiger partial charge in [0.05, 0.1) is 16.3 Å². The Balaban J connectivity index is 1.98. The maximum absolute atomic E-state index is 12.9. The zero-order chi connectivity index (χ0) is 17.8. The van der Waals surface area contributed by atoms with Crippen LogP contribution in [-0.2, 0) is 0 Å². The fourth-order valence-electron chi connectivity index (χ4n) is 2.23. The number of anilines is 1. The lowest BCUT2D eigenvalue weighted by molar-refractivity contribution is 0.105. The molecule has 0 saturated carbocycles. The fourth-order valence-corrected chi connectivity index (χ4v) is 2.58. The van der Waals surface area contributed by atoms with Crippen molar-refractivity contribution in [3.63, 3.8) is 0 Å². The zero-order valence-corrected chi connectivity index (χ0v) is 14.8. The molecule has 1 heterocycles. The van der Waals surface area contributed by atoms with E-state index in [0.29, 0.717) is 32.6 Å². The molecule has 0 aliphatic rings. The van der Waals surface area contributed by atoms with E-state index in [-0.39, 0.29) is 5.78 Å². The quantitative estimate of drug-likeness (QED) is 0.466. The summed E-state index contributed by atoms with van der Waals surface area (Å²) in [5.74, 6) is 0.104. The molecule has 0 saturated heterocycles. The molecule has 0 bridgehead atoms. The summed E-state index contributed by atoms with van der Waals surface area (Å²) < 4.78 is 5.27. The van der Waals surface area contributed by atoms with Gasteiger partial charge in [-0.2, -0.15) is 0 Å². The van der Waals surface area contributed by atoms with Crippen LogP contribution in [0.2, 0.25) is 10.0 Å². The summed E-state index contributed by atoms with van der Waals surface area (Å²) >= 11 is 12.0. The Morgan fingerprint density at radius 1 is 1.12 bits per heavy atom. The molecule has 6 heteroatoms. The normalized spacial score (nSPS) is 11.4. The van der Waals surface area contributed by atoms with Crippen LogP contribution < -0.4 is 5.32 Å². The Bertz CT molecular complexity index is 931. The van der Waals surface area contributed by atoms with E-state index < -0.39 is 0 Å². The number of Topliss-reactive ketones (excluding diaryl/α,β-unsaturated/α-hetero) is 1. The highest BCUT2D eigenvalue weighted by Gasteiger charge is 2.20. The highest BCUT2D eigenvalue weighted by Crippen LogP contribution is 2.25. The van der Waals surface area contributed by atoms with E-state index in [4.69, 9.17) is 27.7 Å². The fraction of sp³-hybridized carbons (Fsp3) is 0.0526. The van der Waals surface area contributed by atoms with E-state index in [1.54, 1.807) is 55.6 Å². The van der Waals surface area contributed by atoms with Crippen molar-refractivity contribution in [2.75, 3.05) is 5.32 Å². The second kappa shape index (κ2) is 7.55. The number of hydrogen-bond acceptors (Lipinski definition) is 4. The van der Waals surface area contributed by atoms with Crippen molar-refractivity contribution in [3.05, 3.63) is 87.9 Å². The maximum atomic E-state index is 12.9. The minimum Gasteiger partial charge on any atom is -0.361 e. The van der Waals surface area contributed by atoms with Crippen molar-refractivity contribution in [1.29, 1.82) is 0 Å². The van der Waals surface area contributed by atoms with Crippen LogP contribution in [0.5, 0.6) is 0 Å². The van der Waals surface area contributed by atoms with Gasteiger partial charge in [-0.3, -0.25) is 4.79 Å². The Morgan fingerprint density at radius 2 is 1.84 bits per heavy atom. The lowest BCUT2D eigenvalue weighted by Crippen LogP contribution is -2.05. The van der Waals surface area contributed by atoms with Crippen LogP contribution in [0.4, 0.5) is 5.69 Å². The van der Waals surface area contributed by atoms with Gasteiger partial charge in [-0.15, -0.1) is 0 Å². The van der Waals surface area contributed by atoms with Gasteiger partial charge in [0.15, 0.2) is 11.5 Å². The molecule has 126 valence electrons. The van der Waals surface area contributed by atoms with Crippen molar-refractivity contribution in [2.45, 2.75) is 6.92 Å². The number of nitrogens with zero attached hydrogens (tertiary/aromatic N) is 1. The van der Waals surface area contributed by atoms with Crippen molar-refractivity contribution in [2.24, 2.45) is 0 Å². The molecule has 0 spiro atoms. The molecule has 3 rings (SSSR count). The van der Waals surface area contributed by atoms with Crippen LogP contribution >= 0.6 is 23.2 Å². The average molecular weight is 373 g/mol. The molecule has 0 fully saturated rings. The minimum absolute atomic E-state index is 0.261. The van der Waals surface area contributed by atoms with Crippen LogP contribution in [-0.4, -0.2) is 10.9 Å². The number of carbonyl (C=O) groups excluding carboxylic acids is 1. The van der Waals surface area contributed by atoms with Crippen molar-refractivity contribution < 1.29 is 9.32 Å². The lowest BCUT2D eigenvalue weighted by atomic mass is 10.0. The summed E-state index contributed by atoms with van der Waals surface area (Å²) in [6, 6.07) is 15.7. The number of aromatic nitrogens is 1. The monoisotopic (exact) mass is 372 g/mol. The van der Waals surface area contributed by atoms with Crippen molar-refractivity contribution in [1.82, 2.24) is 5.16 Å². The predicted molar refractivity (Wildman–Crippen MR) is 100 cm³/mol. The molecule has 4 nitrogen and oxygen atoms in total. The van der Waals surface area contributed by atoms with Gasteiger partial charge in [-0.25, -0.2) is 0 Å². The van der Waals surface area contributed by atoms with Crippen molar-refractivity contribution >= 4 is 40.2 Å². The van der Waals surface area contributed by atoms with Gasteiger partial charge in [0.2, 0.25) is 0 Å². The highest BCUT2D eigenvalue weighted by molar-refractivity contribution is 6.38. The first kappa shape index (κ1) is 17.3. The molecule has 0 amide bonds. The Labute approximate surface area is 155 Å². The molecule has 2 aromatic carbocycles.